The zero-order valence-corrected chi connectivity index (χ0v) is 15.5. The third-order valence-corrected chi connectivity index (χ3v) is 6.71. The number of fused-ring (bicyclic) bond motifs is 1. The molecular weight excluding hydrogens is 328 g/mol. The number of carbonyl (C=O) groups is 1. The molecule has 0 spiro atoms. The van der Waals surface area contributed by atoms with E-state index in [9.17, 15) is 4.79 Å². The van der Waals surface area contributed by atoms with Crippen molar-refractivity contribution in [3.05, 3.63) is 46.5 Å². The molecule has 2 aliphatic carbocycles. The summed E-state index contributed by atoms with van der Waals surface area (Å²) in [7, 11) is 0. The summed E-state index contributed by atoms with van der Waals surface area (Å²) in [6.07, 6.45) is 10.8. The summed E-state index contributed by atoms with van der Waals surface area (Å²) in [6.45, 7) is 0. The van der Waals surface area contributed by atoms with Crippen molar-refractivity contribution in [2.24, 2.45) is 5.92 Å². The minimum absolute atomic E-state index is 0.0646. The lowest BCUT2D eigenvalue weighted by Crippen LogP contribution is -2.23. The molecule has 2 aliphatic rings. The number of aromatic nitrogens is 1. The van der Waals surface area contributed by atoms with Gasteiger partial charge < -0.3 is 5.32 Å². The lowest BCUT2D eigenvalue weighted by atomic mass is 9.87. The Bertz CT molecular complexity index is 695. The molecule has 1 aromatic carbocycles. The van der Waals surface area contributed by atoms with Crippen LogP contribution in [-0.2, 0) is 17.6 Å². The van der Waals surface area contributed by atoms with Crippen molar-refractivity contribution in [2.45, 2.75) is 63.7 Å². The zero-order valence-electron chi connectivity index (χ0n) is 14.7. The van der Waals surface area contributed by atoms with E-state index in [1.165, 1.54) is 49.1 Å². The van der Waals surface area contributed by atoms with Crippen molar-refractivity contribution < 1.29 is 4.79 Å². The van der Waals surface area contributed by atoms with E-state index in [2.05, 4.69) is 22.4 Å². The van der Waals surface area contributed by atoms with Gasteiger partial charge in [0.15, 0.2) is 5.13 Å². The predicted molar refractivity (Wildman–Crippen MR) is 103 cm³/mol. The highest BCUT2D eigenvalue weighted by atomic mass is 32.1. The van der Waals surface area contributed by atoms with E-state index in [0.29, 0.717) is 5.92 Å². The number of hydrogen-bond donors (Lipinski definition) is 1. The van der Waals surface area contributed by atoms with Gasteiger partial charge in [-0.3, -0.25) is 4.79 Å². The van der Waals surface area contributed by atoms with E-state index in [1.54, 1.807) is 11.3 Å². The fourth-order valence-corrected chi connectivity index (χ4v) is 5.31. The number of hydrogen-bond acceptors (Lipinski definition) is 3. The Balaban J connectivity index is 1.51. The van der Waals surface area contributed by atoms with Gasteiger partial charge in [0.1, 0.15) is 0 Å². The van der Waals surface area contributed by atoms with Crippen LogP contribution in [0.15, 0.2) is 30.3 Å². The van der Waals surface area contributed by atoms with Crippen LogP contribution in [0.2, 0.25) is 0 Å². The standard InChI is InChI=1S/C21H26N2OS/c24-20(23-21-22-18-12-6-7-13-19(18)25-21)17(14-15-8-4-5-9-15)16-10-2-1-3-11-16/h1-3,10-11,15,17H,4-9,12-14H2,(H,22,23,24)/t17-/m1/s1. The lowest BCUT2D eigenvalue weighted by molar-refractivity contribution is -0.118. The van der Waals surface area contributed by atoms with Crippen molar-refractivity contribution in [3.8, 4) is 0 Å². The van der Waals surface area contributed by atoms with E-state index in [0.717, 1.165) is 30.0 Å². The van der Waals surface area contributed by atoms with Crippen LogP contribution in [0.4, 0.5) is 5.13 Å². The molecule has 1 amide bonds. The monoisotopic (exact) mass is 354 g/mol. The number of rotatable bonds is 5. The third-order valence-electron chi connectivity index (χ3n) is 5.64. The average molecular weight is 355 g/mol. The van der Waals surface area contributed by atoms with E-state index in [1.807, 2.05) is 18.2 Å². The molecule has 1 fully saturated rings. The van der Waals surface area contributed by atoms with Gasteiger partial charge in [-0.15, -0.1) is 11.3 Å². The molecule has 4 heteroatoms. The van der Waals surface area contributed by atoms with Crippen LogP contribution < -0.4 is 5.32 Å². The van der Waals surface area contributed by atoms with Crippen LogP contribution in [0.5, 0.6) is 0 Å². The van der Waals surface area contributed by atoms with Crippen LogP contribution in [0.1, 0.15) is 67.0 Å². The Morgan fingerprint density at radius 1 is 1.12 bits per heavy atom. The van der Waals surface area contributed by atoms with Gasteiger partial charge in [0.05, 0.1) is 11.6 Å². The molecule has 25 heavy (non-hydrogen) atoms. The molecule has 0 aliphatic heterocycles. The molecule has 4 rings (SSSR count). The first kappa shape index (κ1) is 16.8. The molecule has 0 unspecified atom stereocenters. The number of thiazole rings is 1. The number of nitrogens with zero attached hydrogens (tertiary/aromatic N) is 1. The van der Waals surface area contributed by atoms with Gasteiger partial charge >= 0.3 is 0 Å². The summed E-state index contributed by atoms with van der Waals surface area (Å²) in [5.74, 6) is 0.731. The Morgan fingerprint density at radius 3 is 2.64 bits per heavy atom. The second-order valence-corrected chi connectivity index (χ2v) is 8.52. The van der Waals surface area contributed by atoms with E-state index in [-0.39, 0.29) is 11.8 Å². The van der Waals surface area contributed by atoms with Gasteiger partial charge in [-0.1, -0.05) is 56.0 Å². The first-order valence-electron chi connectivity index (χ1n) is 9.64. The second-order valence-electron chi connectivity index (χ2n) is 7.43. The van der Waals surface area contributed by atoms with Crippen LogP contribution in [-0.4, -0.2) is 10.9 Å². The maximum absolute atomic E-state index is 13.1. The molecule has 0 bridgehead atoms. The summed E-state index contributed by atoms with van der Waals surface area (Å²) in [5.41, 5.74) is 2.34. The zero-order chi connectivity index (χ0) is 17.1. The van der Waals surface area contributed by atoms with Gasteiger partial charge in [-0.25, -0.2) is 4.98 Å². The second kappa shape index (κ2) is 7.69. The molecule has 3 nitrogen and oxygen atoms in total. The number of amides is 1. The van der Waals surface area contributed by atoms with Crippen LogP contribution in [0.25, 0.3) is 0 Å². The van der Waals surface area contributed by atoms with Crippen molar-refractivity contribution in [1.82, 2.24) is 4.98 Å². The molecule has 1 aromatic heterocycles. The SMILES string of the molecule is O=C(Nc1nc2c(s1)CCCC2)[C@H](CC1CCCC1)c1ccccc1. The molecule has 0 radical (unpaired) electrons. The van der Waals surface area contributed by atoms with Crippen molar-refractivity contribution in [1.29, 1.82) is 0 Å². The minimum atomic E-state index is -0.0646. The molecule has 1 atom stereocenters. The third kappa shape index (κ3) is 3.95. The fourth-order valence-electron chi connectivity index (χ4n) is 4.26. The highest BCUT2D eigenvalue weighted by Gasteiger charge is 2.27. The first-order chi connectivity index (χ1) is 12.3. The van der Waals surface area contributed by atoms with Crippen molar-refractivity contribution in [2.75, 3.05) is 5.32 Å². The van der Waals surface area contributed by atoms with Gasteiger partial charge in [-0.2, -0.15) is 0 Å². The highest BCUT2D eigenvalue weighted by molar-refractivity contribution is 7.15. The summed E-state index contributed by atoms with van der Waals surface area (Å²) < 4.78 is 0. The maximum Gasteiger partial charge on any atom is 0.233 e. The Morgan fingerprint density at radius 2 is 1.88 bits per heavy atom. The number of aryl methyl sites for hydroxylation is 2. The number of nitrogens with one attached hydrogen (secondary N) is 1. The number of anilines is 1. The molecule has 0 saturated heterocycles. The largest absolute Gasteiger partial charge is 0.301 e. The summed E-state index contributed by atoms with van der Waals surface area (Å²) >= 11 is 1.68. The average Bonchev–Trinajstić information content (AvgIpc) is 3.29. The summed E-state index contributed by atoms with van der Waals surface area (Å²) in [5, 5.41) is 3.94. The normalized spacial score (nSPS) is 18.7. The topological polar surface area (TPSA) is 42.0 Å². The van der Waals surface area contributed by atoms with E-state index < -0.39 is 0 Å². The molecule has 2 aromatic rings. The Kier molecular flexibility index (Phi) is 5.16. The van der Waals surface area contributed by atoms with Crippen molar-refractivity contribution >= 4 is 22.4 Å². The lowest BCUT2D eigenvalue weighted by Gasteiger charge is -2.20. The predicted octanol–water partition coefficient (Wildman–Crippen LogP) is 5.32. The van der Waals surface area contributed by atoms with Crippen LogP contribution in [0.3, 0.4) is 0 Å². The highest BCUT2D eigenvalue weighted by Crippen LogP contribution is 2.36. The first-order valence-corrected chi connectivity index (χ1v) is 10.5. The van der Waals surface area contributed by atoms with Crippen molar-refractivity contribution in [3.63, 3.8) is 0 Å². The van der Waals surface area contributed by atoms with E-state index >= 15 is 0 Å². The summed E-state index contributed by atoms with van der Waals surface area (Å²) in [6, 6.07) is 10.3. The number of carbonyl (C=O) groups excluding carboxylic acids is 1. The van der Waals surface area contributed by atoms with Gasteiger partial charge in [0.25, 0.3) is 0 Å². The van der Waals surface area contributed by atoms with Gasteiger partial charge in [0, 0.05) is 4.88 Å². The van der Waals surface area contributed by atoms with Gasteiger partial charge in [-0.05, 0) is 43.6 Å². The van der Waals surface area contributed by atoms with Gasteiger partial charge in [0.2, 0.25) is 5.91 Å². The number of benzene rings is 1. The smallest absolute Gasteiger partial charge is 0.233 e. The van der Waals surface area contributed by atoms with Crippen LogP contribution >= 0.6 is 11.3 Å². The minimum Gasteiger partial charge on any atom is -0.301 e. The molecule has 1 heterocycles. The molecular formula is C21H26N2OS. The Labute approximate surface area is 153 Å². The Hall–Kier alpha value is -1.68. The quantitative estimate of drug-likeness (QED) is 0.789. The molecule has 132 valence electrons. The molecule has 1 saturated carbocycles. The van der Waals surface area contributed by atoms with E-state index in [4.69, 9.17) is 0 Å². The maximum atomic E-state index is 13.1. The molecule has 1 N–H and O–H groups in total. The fraction of sp³-hybridized carbons (Fsp3) is 0.524. The van der Waals surface area contributed by atoms with Crippen LogP contribution in [0, 0.1) is 5.92 Å². The summed E-state index contributed by atoms with van der Waals surface area (Å²) in [4.78, 5) is 19.1.